The van der Waals surface area contributed by atoms with Gasteiger partial charge in [-0.15, -0.1) is 11.3 Å². The third-order valence-corrected chi connectivity index (χ3v) is 7.01. The predicted octanol–water partition coefficient (Wildman–Crippen LogP) is 4.58. The number of aromatic nitrogens is 1. The third kappa shape index (κ3) is 5.56. The van der Waals surface area contributed by atoms with Crippen molar-refractivity contribution in [3.63, 3.8) is 0 Å². The van der Waals surface area contributed by atoms with Gasteiger partial charge in [-0.25, -0.2) is 4.98 Å². The summed E-state index contributed by atoms with van der Waals surface area (Å²) < 4.78 is 10.5. The van der Waals surface area contributed by atoms with Gasteiger partial charge >= 0.3 is 0 Å². The number of ether oxygens (including phenoxy) is 2. The molecule has 3 aromatic rings. The molecule has 1 aromatic heterocycles. The number of fused-ring (bicyclic) bond motifs is 1. The monoisotopic (exact) mass is 479 g/mol. The van der Waals surface area contributed by atoms with Crippen molar-refractivity contribution >= 4 is 28.3 Å². The molecule has 178 valence electrons. The summed E-state index contributed by atoms with van der Waals surface area (Å²) in [6, 6.07) is 15.3. The number of anilines is 1. The molecule has 0 saturated carbocycles. The van der Waals surface area contributed by atoms with E-state index in [0.29, 0.717) is 22.2 Å². The zero-order chi connectivity index (χ0) is 24.1. The van der Waals surface area contributed by atoms with Crippen LogP contribution in [-0.4, -0.2) is 37.1 Å². The van der Waals surface area contributed by atoms with Crippen LogP contribution in [0.25, 0.3) is 0 Å². The zero-order valence-corrected chi connectivity index (χ0v) is 20.4. The largest absolute Gasteiger partial charge is 0.497 e. The van der Waals surface area contributed by atoms with Crippen molar-refractivity contribution in [1.82, 2.24) is 10.3 Å². The minimum absolute atomic E-state index is 0.0000188. The van der Waals surface area contributed by atoms with E-state index in [1.54, 1.807) is 18.2 Å². The summed E-state index contributed by atoms with van der Waals surface area (Å²) in [7, 11) is 3.07. The van der Waals surface area contributed by atoms with Gasteiger partial charge in [-0.3, -0.25) is 14.9 Å². The molecule has 0 spiro atoms. The number of rotatable bonds is 9. The normalized spacial score (nSPS) is 15.3. The van der Waals surface area contributed by atoms with E-state index in [0.717, 1.165) is 36.3 Å². The van der Waals surface area contributed by atoms with Crippen LogP contribution in [-0.2, 0) is 17.6 Å². The fourth-order valence-electron chi connectivity index (χ4n) is 4.09. The molecule has 2 aromatic carbocycles. The van der Waals surface area contributed by atoms with Crippen molar-refractivity contribution < 1.29 is 19.1 Å². The Morgan fingerprint density at radius 1 is 1.12 bits per heavy atom. The van der Waals surface area contributed by atoms with Crippen LogP contribution in [0.1, 0.15) is 52.2 Å². The molecule has 0 fully saturated rings. The molecule has 1 aliphatic rings. The Bertz CT molecular complexity index is 1140. The van der Waals surface area contributed by atoms with E-state index >= 15 is 0 Å². The lowest BCUT2D eigenvalue weighted by molar-refractivity contribution is -0.123. The summed E-state index contributed by atoms with van der Waals surface area (Å²) in [6.45, 7) is 2.03. The van der Waals surface area contributed by atoms with Crippen LogP contribution < -0.4 is 20.1 Å². The topological polar surface area (TPSA) is 89.6 Å². The van der Waals surface area contributed by atoms with Crippen LogP contribution in [0.5, 0.6) is 11.5 Å². The van der Waals surface area contributed by atoms with Crippen LogP contribution in [0.3, 0.4) is 0 Å². The van der Waals surface area contributed by atoms with E-state index in [1.807, 2.05) is 25.1 Å². The van der Waals surface area contributed by atoms with E-state index in [2.05, 4.69) is 27.8 Å². The number of carbonyl (C=O) groups is 2. The Balaban J connectivity index is 1.37. The zero-order valence-electron chi connectivity index (χ0n) is 19.6. The molecule has 2 amide bonds. The molecule has 4 rings (SSSR count). The molecule has 0 bridgehead atoms. The van der Waals surface area contributed by atoms with Crippen LogP contribution in [0.15, 0.2) is 48.5 Å². The molecule has 1 heterocycles. The highest BCUT2D eigenvalue weighted by Crippen LogP contribution is 2.38. The van der Waals surface area contributed by atoms with Gasteiger partial charge in [0.2, 0.25) is 5.91 Å². The van der Waals surface area contributed by atoms with Gasteiger partial charge in [-0.2, -0.15) is 0 Å². The van der Waals surface area contributed by atoms with Crippen molar-refractivity contribution in [1.29, 1.82) is 0 Å². The van der Waals surface area contributed by atoms with Crippen molar-refractivity contribution in [2.24, 2.45) is 0 Å². The minimum atomic E-state index is -0.305. The SMILES string of the molecule is COc1cc(OC)cc(C(=O)Nc2nc3c(s2)CCC3C(=O)NC(C)CCc2ccccc2)c1. The van der Waals surface area contributed by atoms with E-state index < -0.39 is 0 Å². The van der Waals surface area contributed by atoms with Crippen molar-refractivity contribution in [3.05, 3.63) is 70.2 Å². The Hall–Kier alpha value is -3.39. The third-order valence-electron chi connectivity index (χ3n) is 5.97. The van der Waals surface area contributed by atoms with Crippen molar-refractivity contribution in [2.45, 2.75) is 44.6 Å². The maximum Gasteiger partial charge on any atom is 0.257 e. The number of amides is 2. The summed E-state index contributed by atoms with van der Waals surface area (Å²) in [6.07, 6.45) is 3.32. The molecule has 8 heteroatoms. The quantitative estimate of drug-likeness (QED) is 0.469. The number of nitrogens with zero attached hydrogens (tertiary/aromatic N) is 1. The lowest BCUT2D eigenvalue weighted by Gasteiger charge is -2.17. The predicted molar refractivity (Wildman–Crippen MR) is 133 cm³/mol. The number of aryl methyl sites for hydroxylation is 2. The van der Waals surface area contributed by atoms with Gasteiger partial charge in [0.1, 0.15) is 11.5 Å². The van der Waals surface area contributed by atoms with Crippen LogP contribution >= 0.6 is 11.3 Å². The first kappa shape index (κ1) is 23.8. The van der Waals surface area contributed by atoms with Crippen molar-refractivity contribution in [3.8, 4) is 11.5 Å². The fourth-order valence-corrected chi connectivity index (χ4v) is 5.12. The first-order valence-corrected chi connectivity index (χ1v) is 12.2. The summed E-state index contributed by atoms with van der Waals surface area (Å²) >= 11 is 1.43. The van der Waals surface area contributed by atoms with Gasteiger partial charge in [0.15, 0.2) is 5.13 Å². The van der Waals surface area contributed by atoms with Crippen molar-refractivity contribution in [2.75, 3.05) is 19.5 Å². The maximum absolute atomic E-state index is 13.0. The summed E-state index contributed by atoms with van der Waals surface area (Å²) in [5.41, 5.74) is 2.45. The van der Waals surface area contributed by atoms with E-state index in [4.69, 9.17) is 9.47 Å². The molecule has 34 heavy (non-hydrogen) atoms. The lowest BCUT2D eigenvalue weighted by atomic mass is 10.0. The maximum atomic E-state index is 13.0. The second kappa shape index (κ2) is 10.7. The first-order chi connectivity index (χ1) is 16.5. The summed E-state index contributed by atoms with van der Waals surface area (Å²) in [5.74, 6) is 0.474. The smallest absolute Gasteiger partial charge is 0.257 e. The lowest BCUT2D eigenvalue weighted by Crippen LogP contribution is -2.36. The fraction of sp³-hybridized carbons (Fsp3) is 0.346. The molecular weight excluding hydrogens is 450 g/mol. The highest BCUT2D eigenvalue weighted by atomic mass is 32.1. The van der Waals surface area contributed by atoms with Gasteiger partial charge < -0.3 is 14.8 Å². The average Bonchev–Trinajstić information content (AvgIpc) is 3.43. The molecule has 0 aliphatic heterocycles. The second-order valence-corrected chi connectivity index (χ2v) is 9.49. The minimum Gasteiger partial charge on any atom is -0.497 e. The molecule has 0 radical (unpaired) electrons. The highest BCUT2D eigenvalue weighted by Gasteiger charge is 2.33. The van der Waals surface area contributed by atoms with E-state index in [9.17, 15) is 9.59 Å². The van der Waals surface area contributed by atoms with Gasteiger partial charge in [0.05, 0.1) is 25.8 Å². The molecule has 2 N–H and O–H groups in total. The van der Waals surface area contributed by atoms with Crippen LogP contribution in [0.2, 0.25) is 0 Å². The average molecular weight is 480 g/mol. The molecule has 7 nitrogen and oxygen atoms in total. The van der Waals surface area contributed by atoms with E-state index in [-0.39, 0.29) is 23.8 Å². The van der Waals surface area contributed by atoms with Gasteiger partial charge in [0, 0.05) is 22.5 Å². The highest BCUT2D eigenvalue weighted by molar-refractivity contribution is 7.16. The van der Waals surface area contributed by atoms with Gasteiger partial charge in [0.25, 0.3) is 5.91 Å². The summed E-state index contributed by atoms with van der Waals surface area (Å²) in [5, 5.41) is 6.49. The Labute approximate surface area is 203 Å². The van der Waals surface area contributed by atoms with E-state index in [1.165, 1.54) is 31.1 Å². The molecule has 2 unspecified atom stereocenters. The van der Waals surface area contributed by atoms with Crippen LogP contribution in [0, 0.1) is 0 Å². The molecular formula is C26H29N3O4S. The Kier molecular flexibility index (Phi) is 7.47. The number of methoxy groups -OCH3 is 2. The number of hydrogen-bond donors (Lipinski definition) is 2. The number of benzene rings is 2. The molecule has 2 atom stereocenters. The van der Waals surface area contributed by atoms with Gasteiger partial charge in [-0.1, -0.05) is 30.3 Å². The molecule has 1 aliphatic carbocycles. The van der Waals surface area contributed by atoms with Crippen LogP contribution in [0.4, 0.5) is 5.13 Å². The standard InChI is InChI=1S/C26H29N3O4S/c1-16(9-10-17-7-5-4-6-8-17)27-25(31)21-11-12-22-23(21)28-26(34-22)29-24(30)18-13-19(32-2)15-20(14-18)33-3/h4-8,13-16,21H,9-12H2,1-3H3,(H,27,31)(H,28,29,30). The number of nitrogens with one attached hydrogen (secondary N) is 2. The van der Waals surface area contributed by atoms with Gasteiger partial charge in [-0.05, 0) is 50.3 Å². The number of hydrogen-bond acceptors (Lipinski definition) is 6. The summed E-state index contributed by atoms with van der Waals surface area (Å²) in [4.78, 5) is 31.4. The number of carbonyl (C=O) groups excluding carboxylic acids is 2. The second-order valence-electron chi connectivity index (χ2n) is 8.41. The molecule has 0 saturated heterocycles. The number of thiazole rings is 1. The first-order valence-electron chi connectivity index (χ1n) is 11.3. The Morgan fingerprint density at radius 2 is 1.82 bits per heavy atom. The Morgan fingerprint density at radius 3 is 2.50 bits per heavy atom.